The molecule has 0 aromatic heterocycles. The number of rotatable bonds is 27. The highest BCUT2D eigenvalue weighted by Crippen LogP contribution is 2.39. The zero-order chi connectivity index (χ0) is 32.8. The van der Waals surface area contributed by atoms with Gasteiger partial charge in [0.2, 0.25) is 0 Å². The molecule has 0 saturated heterocycles. The molecular weight excluding hydrogens is 555 g/mol. The maximum absolute atomic E-state index is 13.9. The molecule has 0 aliphatic rings. The maximum Gasteiger partial charge on any atom is 1.20 e. The Balaban J connectivity index is 6.22. The van der Waals surface area contributed by atoms with E-state index in [1.54, 1.807) is 0 Å². The summed E-state index contributed by atoms with van der Waals surface area (Å²) in [6.45, 7) is 18.6. The first-order valence-corrected chi connectivity index (χ1v) is 19.6. The SMILES string of the molecule is CCCCCCC(CC)(CC)C(=O)[O][Al]([O]C(=O)C(CC)(CC)CCCCCC)[O]C(=O)C(CC)(CC)CCCCCC. The molecule has 252 valence electrons. The van der Waals surface area contributed by atoms with E-state index in [9.17, 15) is 14.4 Å². The van der Waals surface area contributed by atoms with E-state index in [0.717, 1.165) is 96.3 Å². The van der Waals surface area contributed by atoms with Crippen LogP contribution in [0, 0.1) is 16.2 Å². The Kier molecular flexibility index (Phi) is 22.7. The number of hydrogen-bond acceptors (Lipinski definition) is 6. The fraction of sp³-hybridized carbons (Fsp3) is 0.917. The second kappa shape index (κ2) is 23.3. The Hall–Kier alpha value is -1.06. The lowest BCUT2D eigenvalue weighted by atomic mass is 9.78. The molecule has 6 nitrogen and oxygen atoms in total. The van der Waals surface area contributed by atoms with Crippen LogP contribution in [0.3, 0.4) is 0 Å². The minimum Gasteiger partial charge on any atom is -0.550 e. The summed E-state index contributed by atoms with van der Waals surface area (Å²) in [5.74, 6) is -1.14. The highest BCUT2D eigenvalue weighted by Gasteiger charge is 2.56. The largest absolute Gasteiger partial charge is 1.20 e. The molecule has 0 rings (SSSR count). The van der Waals surface area contributed by atoms with E-state index in [4.69, 9.17) is 11.4 Å². The lowest BCUT2D eigenvalue weighted by Crippen LogP contribution is -2.46. The summed E-state index contributed by atoms with van der Waals surface area (Å²) in [6.07, 6.45) is 18.8. The minimum absolute atomic E-state index is 0.380. The molecular formula is C36H69AlO6. The number of carbonyl (C=O) groups is 3. The second-order valence-corrected chi connectivity index (χ2v) is 14.2. The molecule has 0 aromatic rings. The first-order chi connectivity index (χ1) is 20.6. The molecule has 43 heavy (non-hydrogen) atoms. The van der Waals surface area contributed by atoms with Gasteiger partial charge in [-0.1, -0.05) is 139 Å². The van der Waals surface area contributed by atoms with Gasteiger partial charge in [-0.05, 0) is 57.8 Å². The summed E-state index contributed by atoms with van der Waals surface area (Å²) >= 11 is -3.48. The van der Waals surface area contributed by atoms with E-state index in [1.165, 1.54) is 0 Å². The Morgan fingerprint density at radius 3 is 0.814 bits per heavy atom. The highest BCUT2D eigenvalue weighted by atomic mass is 27.3. The van der Waals surface area contributed by atoms with Crippen molar-refractivity contribution < 1.29 is 25.7 Å². The average molecular weight is 625 g/mol. The monoisotopic (exact) mass is 624 g/mol. The van der Waals surface area contributed by atoms with E-state index in [2.05, 4.69) is 20.8 Å². The first-order valence-electron chi connectivity index (χ1n) is 18.2. The Morgan fingerprint density at radius 1 is 0.395 bits per heavy atom. The fourth-order valence-electron chi connectivity index (χ4n) is 6.36. The van der Waals surface area contributed by atoms with Gasteiger partial charge >= 0.3 is 15.1 Å². The third-order valence-electron chi connectivity index (χ3n) is 10.5. The van der Waals surface area contributed by atoms with Gasteiger partial charge < -0.3 is 11.4 Å². The molecule has 7 heteroatoms. The van der Waals surface area contributed by atoms with Gasteiger partial charge in [-0.15, -0.1) is 0 Å². The molecule has 0 bridgehead atoms. The number of hydrogen-bond donors (Lipinski definition) is 0. The number of unbranched alkanes of at least 4 members (excludes halogenated alkanes) is 9. The smallest absolute Gasteiger partial charge is 0.550 e. The van der Waals surface area contributed by atoms with Crippen LogP contribution in [-0.2, 0) is 25.7 Å². The van der Waals surface area contributed by atoms with Crippen molar-refractivity contribution in [1.29, 1.82) is 0 Å². The summed E-state index contributed by atoms with van der Waals surface area (Å²) in [5.41, 5.74) is -2.01. The predicted octanol–water partition coefficient (Wildman–Crippen LogP) is 10.9. The van der Waals surface area contributed by atoms with Crippen molar-refractivity contribution in [3.05, 3.63) is 0 Å². The van der Waals surface area contributed by atoms with E-state index in [1.807, 2.05) is 41.5 Å². The van der Waals surface area contributed by atoms with Crippen molar-refractivity contribution in [2.75, 3.05) is 0 Å². The predicted molar refractivity (Wildman–Crippen MR) is 179 cm³/mol. The van der Waals surface area contributed by atoms with Gasteiger partial charge in [-0.3, -0.25) is 14.4 Å². The second-order valence-electron chi connectivity index (χ2n) is 12.9. The summed E-state index contributed by atoms with van der Waals surface area (Å²) in [4.78, 5) is 41.6. The van der Waals surface area contributed by atoms with Crippen LogP contribution in [0.15, 0.2) is 0 Å². The maximum atomic E-state index is 13.9. The van der Waals surface area contributed by atoms with Gasteiger partial charge in [-0.25, -0.2) is 0 Å². The summed E-state index contributed by atoms with van der Waals surface area (Å²) < 4.78 is 18.2. The van der Waals surface area contributed by atoms with E-state index in [-0.39, 0.29) is 17.9 Å². The van der Waals surface area contributed by atoms with Crippen molar-refractivity contribution in [1.82, 2.24) is 0 Å². The molecule has 0 saturated carbocycles. The van der Waals surface area contributed by atoms with Gasteiger partial charge in [0.25, 0.3) is 17.9 Å². The first kappa shape index (κ1) is 41.9. The third-order valence-corrected chi connectivity index (χ3v) is 11.7. The molecule has 0 atom stereocenters. The molecule has 0 aromatic carbocycles. The summed E-state index contributed by atoms with van der Waals surface area (Å²) in [5, 5.41) is 0. The Morgan fingerprint density at radius 2 is 0.628 bits per heavy atom. The fourth-order valence-corrected chi connectivity index (χ4v) is 7.78. The van der Waals surface area contributed by atoms with Crippen molar-refractivity contribution in [2.24, 2.45) is 16.2 Å². The van der Waals surface area contributed by atoms with Crippen LogP contribution >= 0.6 is 0 Å². The average Bonchev–Trinajstić information content (AvgIpc) is 3.02. The summed E-state index contributed by atoms with van der Waals surface area (Å²) in [6, 6.07) is 0. The molecule has 0 spiro atoms. The molecule has 0 aliphatic heterocycles. The van der Waals surface area contributed by atoms with Crippen molar-refractivity contribution in [3.63, 3.8) is 0 Å². The van der Waals surface area contributed by atoms with Crippen LogP contribution in [0.2, 0.25) is 0 Å². The van der Waals surface area contributed by atoms with E-state index in [0.29, 0.717) is 38.5 Å². The van der Waals surface area contributed by atoms with E-state index >= 15 is 0 Å². The molecule has 0 N–H and O–H groups in total. The van der Waals surface area contributed by atoms with Crippen LogP contribution in [0.25, 0.3) is 0 Å². The Labute approximate surface area is 271 Å². The molecule has 0 aliphatic carbocycles. The molecule has 0 fully saturated rings. The van der Waals surface area contributed by atoms with Crippen LogP contribution in [0.4, 0.5) is 0 Å². The lowest BCUT2D eigenvalue weighted by Gasteiger charge is -2.34. The molecule has 0 radical (unpaired) electrons. The zero-order valence-corrected chi connectivity index (χ0v) is 31.0. The zero-order valence-electron chi connectivity index (χ0n) is 29.9. The molecule has 0 unspecified atom stereocenters. The standard InChI is InChI=1S/3C12H24O2.Al/c3*1-4-7-8-9-10-12(5-2,6-3)11(13)14;/h3*4-10H2,1-3H3,(H,13,14);/q;;;+3/p-3. The highest BCUT2D eigenvalue weighted by molar-refractivity contribution is 6.44. The quantitative estimate of drug-likeness (QED) is 0.0668. The van der Waals surface area contributed by atoms with Gasteiger partial charge in [0, 0.05) is 0 Å². The molecule has 0 heterocycles. The van der Waals surface area contributed by atoms with E-state index < -0.39 is 31.4 Å². The number of carbonyl (C=O) groups excluding carboxylic acids is 3. The molecule has 0 amide bonds. The van der Waals surface area contributed by atoms with Crippen molar-refractivity contribution >= 4 is 33.1 Å². The van der Waals surface area contributed by atoms with Gasteiger partial charge in [0.15, 0.2) is 0 Å². The third kappa shape index (κ3) is 13.5. The topological polar surface area (TPSA) is 78.9 Å². The van der Waals surface area contributed by atoms with Gasteiger partial charge in [0.1, 0.15) is 0 Å². The van der Waals surface area contributed by atoms with Gasteiger partial charge in [-0.2, -0.15) is 0 Å². The van der Waals surface area contributed by atoms with Crippen LogP contribution in [-0.4, -0.2) is 33.1 Å². The van der Waals surface area contributed by atoms with Crippen LogP contribution in [0.5, 0.6) is 0 Å². The lowest BCUT2D eigenvalue weighted by molar-refractivity contribution is -0.162. The minimum atomic E-state index is -3.48. The van der Waals surface area contributed by atoms with Crippen molar-refractivity contribution in [3.8, 4) is 0 Å². The van der Waals surface area contributed by atoms with Crippen LogP contribution < -0.4 is 0 Å². The normalized spacial score (nSPS) is 12.2. The van der Waals surface area contributed by atoms with Crippen LogP contribution in [0.1, 0.15) is 197 Å². The van der Waals surface area contributed by atoms with Crippen molar-refractivity contribution in [2.45, 2.75) is 197 Å². The Bertz CT molecular complexity index is 655. The van der Waals surface area contributed by atoms with Gasteiger partial charge in [0.05, 0.1) is 16.2 Å². The summed E-state index contributed by atoms with van der Waals surface area (Å²) in [7, 11) is 0.